The van der Waals surface area contributed by atoms with Gasteiger partial charge in [0.1, 0.15) is 15.7 Å². The number of carbonyl (C=O) groups is 2. The molecule has 1 unspecified atom stereocenters. The molecule has 0 saturated carbocycles. The van der Waals surface area contributed by atoms with E-state index in [1.165, 1.54) is 12.1 Å². The lowest BCUT2D eigenvalue weighted by molar-refractivity contribution is 0.0684. The van der Waals surface area contributed by atoms with Crippen LogP contribution in [0.4, 0.5) is 4.39 Å². The van der Waals surface area contributed by atoms with Crippen LogP contribution in [0.3, 0.4) is 0 Å². The van der Waals surface area contributed by atoms with Crippen molar-refractivity contribution in [2.24, 2.45) is 16.8 Å². The Balaban J connectivity index is 1.08. The highest BCUT2D eigenvalue weighted by molar-refractivity contribution is 7.90. The molecule has 1 atom stereocenters. The molecule has 0 radical (unpaired) electrons. The van der Waals surface area contributed by atoms with Crippen molar-refractivity contribution >= 4 is 27.2 Å². The van der Waals surface area contributed by atoms with Gasteiger partial charge in [-0.3, -0.25) is 9.59 Å². The first-order valence-electron chi connectivity index (χ1n) is 15.3. The van der Waals surface area contributed by atoms with Crippen molar-refractivity contribution in [3.05, 3.63) is 118 Å². The van der Waals surface area contributed by atoms with Crippen LogP contribution in [0.2, 0.25) is 0 Å². The number of likely N-dealkylation sites (tertiary alicyclic amines) is 1. The van der Waals surface area contributed by atoms with Gasteiger partial charge in [0.05, 0.1) is 16.8 Å². The molecule has 1 N–H and O–H groups in total. The monoisotopic (exact) mass is 625 g/mol. The first-order valence-corrected chi connectivity index (χ1v) is 17.4. The van der Waals surface area contributed by atoms with Crippen molar-refractivity contribution in [1.29, 1.82) is 0 Å². The number of nitrogens with zero attached hydrogens (tertiary/aromatic N) is 2. The Bertz CT molecular complexity index is 1940. The van der Waals surface area contributed by atoms with Crippen LogP contribution in [0.15, 0.2) is 95.1 Å². The van der Waals surface area contributed by atoms with Gasteiger partial charge >= 0.3 is 0 Å². The van der Waals surface area contributed by atoms with Crippen LogP contribution in [0, 0.1) is 17.7 Å². The molecule has 2 heterocycles. The number of halogens is 1. The quantitative estimate of drug-likeness (QED) is 0.400. The maximum Gasteiger partial charge on any atom is 0.253 e. The smallest absolute Gasteiger partial charge is 0.253 e. The number of rotatable bonds is 8. The summed E-state index contributed by atoms with van der Waals surface area (Å²) in [5.41, 5.74) is 5.92. The highest BCUT2D eigenvalue weighted by Gasteiger charge is 2.28. The van der Waals surface area contributed by atoms with Gasteiger partial charge in [-0.2, -0.15) is 0 Å². The van der Waals surface area contributed by atoms with Gasteiger partial charge in [-0.25, -0.2) is 17.8 Å². The third kappa shape index (κ3) is 6.83. The van der Waals surface area contributed by atoms with Crippen molar-refractivity contribution < 1.29 is 22.4 Å². The molecule has 7 nitrogen and oxygen atoms in total. The van der Waals surface area contributed by atoms with E-state index in [1.807, 2.05) is 35.2 Å². The van der Waals surface area contributed by atoms with Crippen LogP contribution in [-0.4, -0.2) is 56.8 Å². The standard InChI is InChI=1S/C36H36FN3O4S/c1-23-20-25(22-32-33(23)34-30(4-3-5-31(34)39-32)35(41)38-16-19-45(2,43)44)21-24-14-17-40(18-15-24)36(42)28-8-6-26(7-9-28)27-10-12-29(37)13-11-27/h3-13,20,22,24-25H,14-19,21H2,1-2H3,(H,38,41). The molecule has 1 saturated heterocycles. The summed E-state index contributed by atoms with van der Waals surface area (Å²) in [4.78, 5) is 33.0. The van der Waals surface area contributed by atoms with E-state index < -0.39 is 9.84 Å². The van der Waals surface area contributed by atoms with Crippen LogP contribution >= 0.6 is 0 Å². The number of allylic oxidation sites excluding steroid dienone is 3. The molecule has 2 amide bonds. The number of hydrogen-bond donors (Lipinski definition) is 1. The summed E-state index contributed by atoms with van der Waals surface area (Å²) in [6.07, 6.45) is 8.41. The molecule has 45 heavy (non-hydrogen) atoms. The molecule has 3 aromatic rings. The van der Waals surface area contributed by atoms with Gasteiger partial charge in [-0.15, -0.1) is 0 Å². The third-order valence-corrected chi connectivity index (χ3v) is 9.79. The van der Waals surface area contributed by atoms with E-state index in [0.717, 1.165) is 64.1 Å². The molecule has 3 aliphatic rings. The van der Waals surface area contributed by atoms with Crippen molar-refractivity contribution in [2.75, 3.05) is 31.6 Å². The molecule has 6 rings (SSSR count). The van der Waals surface area contributed by atoms with E-state index in [1.54, 1.807) is 24.3 Å². The van der Waals surface area contributed by atoms with Gasteiger partial charge < -0.3 is 10.2 Å². The molecule has 1 aliphatic carbocycles. The Morgan fingerprint density at radius 2 is 1.62 bits per heavy atom. The van der Waals surface area contributed by atoms with Crippen molar-refractivity contribution in [3.63, 3.8) is 0 Å². The van der Waals surface area contributed by atoms with Crippen molar-refractivity contribution in [3.8, 4) is 11.1 Å². The van der Waals surface area contributed by atoms with Gasteiger partial charge in [0.2, 0.25) is 0 Å². The van der Waals surface area contributed by atoms with Crippen molar-refractivity contribution in [1.82, 2.24) is 10.2 Å². The third-order valence-electron chi connectivity index (χ3n) is 8.84. The lowest BCUT2D eigenvalue weighted by Crippen LogP contribution is -2.38. The van der Waals surface area contributed by atoms with E-state index in [4.69, 9.17) is 4.99 Å². The number of nitrogens with one attached hydrogen (secondary N) is 1. The second-order valence-corrected chi connectivity index (χ2v) is 14.5. The molecule has 0 aromatic heterocycles. The number of fused-ring (bicyclic) bond motifs is 2. The summed E-state index contributed by atoms with van der Waals surface area (Å²) in [6, 6.07) is 19.3. The Hall–Kier alpha value is -4.37. The van der Waals surface area contributed by atoms with E-state index >= 15 is 0 Å². The van der Waals surface area contributed by atoms with Crippen LogP contribution in [0.5, 0.6) is 0 Å². The SMILES string of the molecule is CC1=CC(CC2CCN(C(=O)c3ccc(-c4ccc(F)cc4)cc3)CC2)C=C2N=c3cccc(C(=O)NCCS(C)(=O)=O)c3=C12. The molecular formula is C36H36FN3O4S. The second kappa shape index (κ2) is 12.6. The Morgan fingerprint density at radius 1 is 0.956 bits per heavy atom. The Labute approximate surface area is 262 Å². The fourth-order valence-electron chi connectivity index (χ4n) is 6.54. The molecule has 232 valence electrons. The zero-order chi connectivity index (χ0) is 31.7. The van der Waals surface area contributed by atoms with Gasteiger partial charge in [0.25, 0.3) is 11.8 Å². The van der Waals surface area contributed by atoms with Gasteiger partial charge in [-0.05, 0) is 91.1 Å². The molecule has 2 aliphatic heterocycles. The van der Waals surface area contributed by atoms with Gasteiger partial charge in [0, 0.05) is 47.8 Å². The summed E-state index contributed by atoms with van der Waals surface area (Å²) in [7, 11) is -3.18. The minimum absolute atomic E-state index is 0.0348. The van der Waals surface area contributed by atoms with Crippen LogP contribution < -0.4 is 15.9 Å². The molecular weight excluding hydrogens is 589 g/mol. The summed E-state index contributed by atoms with van der Waals surface area (Å²) in [5, 5.41) is 4.28. The molecule has 0 spiro atoms. The lowest BCUT2D eigenvalue weighted by atomic mass is 9.82. The van der Waals surface area contributed by atoms with Gasteiger partial charge in [0.15, 0.2) is 0 Å². The molecule has 3 aromatic carbocycles. The molecule has 0 bridgehead atoms. The number of sulfone groups is 1. The first-order chi connectivity index (χ1) is 21.6. The van der Waals surface area contributed by atoms with Crippen LogP contribution in [0.1, 0.15) is 46.9 Å². The minimum atomic E-state index is -3.18. The normalized spacial score (nSPS) is 18.0. The topological polar surface area (TPSA) is 95.9 Å². The second-order valence-electron chi connectivity index (χ2n) is 12.2. The zero-order valence-corrected chi connectivity index (χ0v) is 26.2. The average molecular weight is 626 g/mol. The molecule has 1 fully saturated rings. The van der Waals surface area contributed by atoms with Crippen molar-refractivity contribution in [2.45, 2.75) is 26.2 Å². The van der Waals surface area contributed by atoms with E-state index in [0.29, 0.717) is 30.1 Å². The summed E-state index contributed by atoms with van der Waals surface area (Å²) in [6.45, 7) is 3.53. The predicted molar refractivity (Wildman–Crippen MR) is 173 cm³/mol. The Morgan fingerprint density at radius 3 is 2.29 bits per heavy atom. The first kappa shape index (κ1) is 30.6. The highest BCUT2D eigenvalue weighted by atomic mass is 32.2. The Kier molecular flexibility index (Phi) is 8.55. The zero-order valence-electron chi connectivity index (χ0n) is 25.4. The number of carbonyl (C=O) groups excluding carboxylic acids is 2. The highest BCUT2D eigenvalue weighted by Crippen LogP contribution is 2.35. The fourth-order valence-corrected chi connectivity index (χ4v) is 7.02. The minimum Gasteiger partial charge on any atom is -0.351 e. The maximum absolute atomic E-state index is 13.3. The van der Waals surface area contributed by atoms with E-state index in [9.17, 15) is 22.4 Å². The number of hydrogen-bond acceptors (Lipinski definition) is 5. The average Bonchev–Trinajstić information content (AvgIpc) is 3.40. The molecule has 9 heteroatoms. The summed E-state index contributed by atoms with van der Waals surface area (Å²) in [5.74, 6) is 0.0258. The fraction of sp³-hybridized carbons (Fsp3) is 0.306. The number of benzene rings is 3. The lowest BCUT2D eigenvalue weighted by Gasteiger charge is -2.33. The van der Waals surface area contributed by atoms with Crippen LogP contribution in [-0.2, 0) is 9.84 Å². The predicted octanol–water partition coefficient (Wildman–Crippen LogP) is 4.45. The number of piperidine rings is 1. The van der Waals surface area contributed by atoms with E-state index in [-0.39, 0.29) is 35.8 Å². The largest absolute Gasteiger partial charge is 0.351 e. The number of amides is 2. The summed E-state index contributed by atoms with van der Waals surface area (Å²) >= 11 is 0. The summed E-state index contributed by atoms with van der Waals surface area (Å²) < 4.78 is 36.3. The van der Waals surface area contributed by atoms with Crippen LogP contribution in [0.25, 0.3) is 16.7 Å². The van der Waals surface area contributed by atoms with E-state index in [2.05, 4.69) is 24.4 Å². The van der Waals surface area contributed by atoms with Gasteiger partial charge in [-0.1, -0.05) is 42.5 Å². The maximum atomic E-state index is 13.3.